The number of fused-ring (bicyclic) bond motifs is 3. The number of amides is 1. The van der Waals surface area contributed by atoms with E-state index in [-0.39, 0.29) is 5.56 Å². The van der Waals surface area contributed by atoms with E-state index in [1.807, 2.05) is 31.2 Å². The second kappa shape index (κ2) is 6.59. The van der Waals surface area contributed by atoms with Crippen LogP contribution in [0.4, 0.5) is 10.1 Å². The molecule has 4 aromatic rings. The summed E-state index contributed by atoms with van der Waals surface area (Å²) in [6.07, 6.45) is 0. The van der Waals surface area contributed by atoms with Gasteiger partial charge in [0, 0.05) is 15.8 Å². The van der Waals surface area contributed by atoms with Gasteiger partial charge in [-0.25, -0.2) is 9.07 Å². The third kappa shape index (κ3) is 3.00. The maximum Gasteiger partial charge on any atom is 0.276 e. The maximum absolute atomic E-state index is 13.3. The Bertz CT molecular complexity index is 1250. The number of benzene rings is 2. The van der Waals surface area contributed by atoms with Crippen LogP contribution in [-0.2, 0) is 4.79 Å². The van der Waals surface area contributed by atoms with Gasteiger partial charge in [0.25, 0.3) is 5.56 Å². The molecule has 1 amide bonds. The molecule has 7 heteroatoms. The Hall–Kier alpha value is -3.06. The van der Waals surface area contributed by atoms with Gasteiger partial charge in [-0.15, -0.1) is 11.3 Å². The molecular formula is C20H16FN3O2S. The van der Waals surface area contributed by atoms with E-state index in [2.05, 4.69) is 10.4 Å². The summed E-state index contributed by atoms with van der Waals surface area (Å²) in [6, 6.07) is 12.4. The predicted molar refractivity (Wildman–Crippen MR) is 106 cm³/mol. The van der Waals surface area contributed by atoms with Crippen molar-refractivity contribution in [1.29, 1.82) is 0 Å². The highest BCUT2D eigenvalue weighted by molar-refractivity contribution is 7.26. The van der Waals surface area contributed by atoms with Crippen LogP contribution in [0.15, 0.2) is 53.3 Å². The number of carbonyl (C=O) groups is 1. The first-order chi connectivity index (χ1) is 13.0. The van der Waals surface area contributed by atoms with Crippen molar-refractivity contribution in [2.24, 2.45) is 0 Å². The number of hydrogen-bond donors (Lipinski definition) is 1. The van der Waals surface area contributed by atoms with Gasteiger partial charge in [0.15, 0.2) is 0 Å². The monoisotopic (exact) mass is 381 g/mol. The molecule has 0 aliphatic rings. The SMILES string of the molecule is Cc1nn([C@H](C)C(=O)Nc2cccc(F)c2)c(=O)c2c1sc1ccccc12. The molecule has 27 heavy (non-hydrogen) atoms. The number of aryl methyl sites for hydroxylation is 1. The summed E-state index contributed by atoms with van der Waals surface area (Å²) >= 11 is 1.52. The molecule has 4 rings (SSSR count). The van der Waals surface area contributed by atoms with Gasteiger partial charge in [-0.3, -0.25) is 9.59 Å². The second-order valence-electron chi connectivity index (χ2n) is 6.31. The normalized spacial score (nSPS) is 12.4. The van der Waals surface area contributed by atoms with Gasteiger partial charge >= 0.3 is 0 Å². The van der Waals surface area contributed by atoms with Gasteiger partial charge in [-0.1, -0.05) is 24.3 Å². The van der Waals surface area contributed by atoms with Crippen molar-refractivity contribution in [3.63, 3.8) is 0 Å². The number of anilines is 1. The molecule has 1 atom stereocenters. The molecule has 5 nitrogen and oxygen atoms in total. The molecule has 0 spiro atoms. The molecule has 0 unspecified atom stereocenters. The first kappa shape index (κ1) is 17.4. The van der Waals surface area contributed by atoms with Gasteiger partial charge in [0.05, 0.1) is 15.8 Å². The molecule has 136 valence electrons. The van der Waals surface area contributed by atoms with Crippen molar-refractivity contribution in [3.05, 3.63) is 70.4 Å². The average Bonchev–Trinajstić information content (AvgIpc) is 3.04. The molecule has 2 aromatic heterocycles. The van der Waals surface area contributed by atoms with E-state index in [0.29, 0.717) is 16.8 Å². The summed E-state index contributed by atoms with van der Waals surface area (Å²) in [5.74, 6) is -0.883. The minimum absolute atomic E-state index is 0.310. The van der Waals surface area contributed by atoms with Crippen LogP contribution >= 0.6 is 11.3 Å². The van der Waals surface area contributed by atoms with Crippen LogP contribution in [0.25, 0.3) is 20.2 Å². The Labute approximate surface area is 158 Å². The molecule has 2 aromatic carbocycles. The summed E-state index contributed by atoms with van der Waals surface area (Å²) in [7, 11) is 0. The second-order valence-corrected chi connectivity index (χ2v) is 7.37. The lowest BCUT2D eigenvalue weighted by atomic mass is 10.2. The van der Waals surface area contributed by atoms with Crippen molar-refractivity contribution < 1.29 is 9.18 Å². The Morgan fingerprint density at radius 1 is 1.22 bits per heavy atom. The van der Waals surface area contributed by atoms with Crippen LogP contribution < -0.4 is 10.9 Å². The molecule has 0 bridgehead atoms. The predicted octanol–water partition coefficient (Wildman–Crippen LogP) is 4.26. The molecule has 0 aliphatic carbocycles. The lowest BCUT2D eigenvalue weighted by molar-refractivity contribution is -0.119. The molecule has 0 saturated heterocycles. The fourth-order valence-electron chi connectivity index (χ4n) is 3.07. The Morgan fingerprint density at radius 2 is 2.00 bits per heavy atom. The number of rotatable bonds is 3. The van der Waals surface area contributed by atoms with E-state index in [9.17, 15) is 14.0 Å². The topological polar surface area (TPSA) is 64.0 Å². The minimum atomic E-state index is -0.845. The van der Waals surface area contributed by atoms with Crippen LogP contribution in [0.5, 0.6) is 0 Å². The molecule has 0 saturated carbocycles. The summed E-state index contributed by atoms with van der Waals surface area (Å²) in [5.41, 5.74) is 0.713. The first-order valence-electron chi connectivity index (χ1n) is 8.43. The van der Waals surface area contributed by atoms with Crippen LogP contribution in [0.3, 0.4) is 0 Å². The average molecular weight is 381 g/mol. The lowest BCUT2D eigenvalue weighted by Gasteiger charge is -2.15. The van der Waals surface area contributed by atoms with Crippen molar-refractivity contribution in [3.8, 4) is 0 Å². The number of nitrogens with zero attached hydrogens (tertiary/aromatic N) is 2. The van der Waals surface area contributed by atoms with Crippen molar-refractivity contribution >= 4 is 43.1 Å². The summed E-state index contributed by atoms with van der Waals surface area (Å²) < 4.78 is 16.4. The molecule has 0 radical (unpaired) electrons. The summed E-state index contributed by atoms with van der Waals surface area (Å²) in [6.45, 7) is 3.42. The zero-order valence-electron chi connectivity index (χ0n) is 14.7. The summed E-state index contributed by atoms with van der Waals surface area (Å²) in [5, 5.41) is 8.42. The van der Waals surface area contributed by atoms with E-state index in [4.69, 9.17) is 0 Å². The number of nitrogens with one attached hydrogen (secondary N) is 1. The zero-order chi connectivity index (χ0) is 19.1. The van der Waals surface area contributed by atoms with Gasteiger partial charge in [0.2, 0.25) is 5.91 Å². The van der Waals surface area contributed by atoms with Gasteiger partial charge in [-0.2, -0.15) is 5.10 Å². The van der Waals surface area contributed by atoms with Crippen LogP contribution in [0.2, 0.25) is 0 Å². The highest BCUT2D eigenvalue weighted by Gasteiger charge is 2.22. The number of halogens is 1. The van der Waals surface area contributed by atoms with Crippen molar-refractivity contribution in [2.75, 3.05) is 5.32 Å². The molecule has 0 aliphatic heterocycles. The van der Waals surface area contributed by atoms with Crippen molar-refractivity contribution in [1.82, 2.24) is 9.78 Å². The lowest BCUT2D eigenvalue weighted by Crippen LogP contribution is -2.33. The fourth-order valence-corrected chi connectivity index (χ4v) is 4.20. The summed E-state index contributed by atoms with van der Waals surface area (Å²) in [4.78, 5) is 25.7. The fraction of sp³-hybridized carbons (Fsp3) is 0.150. The van der Waals surface area contributed by atoms with Crippen LogP contribution in [0, 0.1) is 12.7 Å². The Morgan fingerprint density at radius 3 is 2.78 bits per heavy atom. The third-order valence-corrected chi connectivity index (χ3v) is 5.72. The molecule has 2 heterocycles. The number of thiophene rings is 1. The van der Waals surface area contributed by atoms with Gasteiger partial charge < -0.3 is 5.32 Å². The molecule has 0 fully saturated rings. The molecular weight excluding hydrogens is 365 g/mol. The standard InChI is InChI=1S/C20H16FN3O2S/c1-11-18-17(15-8-3-4-9-16(15)27-18)20(26)24(23-11)12(2)19(25)22-14-7-5-6-13(21)10-14/h3-10,12H,1-2H3,(H,22,25)/t12-/m1/s1. The minimum Gasteiger partial charge on any atom is -0.324 e. The highest BCUT2D eigenvalue weighted by atomic mass is 32.1. The smallest absolute Gasteiger partial charge is 0.276 e. The Balaban J connectivity index is 1.78. The molecule has 1 N–H and O–H groups in total. The van der Waals surface area contributed by atoms with E-state index < -0.39 is 17.8 Å². The van der Waals surface area contributed by atoms with E-state index in [0.717, 1.165) is 14.8 Å². The zero-order valence-corrected chi connectivity index (χ0v) is 15.5. The van der Waals surface area contributed by atoms with Crippen molar-refractivity contribution in [2.45, 2.75) is 19.9 Å². The van der Waals surface area contributed by atoms with E-state index in [1.54, 1.807) is 13.0 Å². The van der Waals surface area contributed by atoms with Gasteiger partial charge in [0.1, 0.15) is 11.9 Å². The van der Waals surface area contributed by atoms with Crippen LogP contribution in [-0.4, -0.2) is 15.7 Å². The number of hydrogen-bond acceptors (Lipinski definition) is 4. The number of carbonyl (C=O) groups excluding carboxylic acids is 1. The van der Waals surface area contributed by atoms with E-state index in [1.165, 1.54) is 34.2 Å². The first-order valence-corrected chi connectivity index (χ1v) is 9.24. The highest BCUT2D eigenvalue weighted by Crippen LogP contribution is 2.32. The number of aromatic nitrogens is 2. The quantitative estimate of drug-likeness (QED) is 0.577. The third-order valence-electron chi connectivity index (χ3n) is 4.44. The Kier molecular flexibility index (Phi) is 4.24. The van der Waals surface area contributed by atoms with E-state index >= 15 is 0 Å². The maximum atomic E-state index is 13.3. The van der Waals surface area contributed by atoms with Gasteiger partial charge in [-0.05, 0) is 38.1 Å². The largest absolute Gasteiger partial charge is 0.324 e. The van der Waals surface area contributed by atoms with Crippen LogP contribution in [0.1, 0.15) is 18.7 Å².